The Morgan fingerprint density at radius 2 is 1.17 bits per heavy atom. The van der Waals surface area contributed by atoms with Crippen molar-refractivity contribution in [3.63, 3.8) is 0 Å². The highest BCUT2D eigenvalue weighted by atomic mass is 16.9. The molecule has 0 amide bonds. The van der Waals surface area contributed by atoms with E-state index < -0.39 is 5.97 Å². The number of epoxide rings is 1. The van der Waals surface area contributed by atoms with Gasteiger partial charge >= 0.3 is 0 Å². The zero-order valence-corrected chi connectivity index (χ0v) is 20.5. The largest absolute Gasteiger partial charge is 0.373 e. The monoisotopic (exact) mass is 414 g/mol. The highest BCUT2D eigenvalue weighted by molar-refractivity contribution is 4.77. The van der Waals surface area contributed by atoms with Gasteiger partial charge < -0.3 is 18.9 Å². The first-order valence-corrected chi connectivity index (χ1v) is 12.4. The molecule has 1 aliphatic rings. The predicted octanol–water partition coefficient (Wildman–Crippen LogP) is 7.24. The zero-order chi connectivity index (χ0) is 21.7. The first-order chi connectivity index (χ1) is 13.8. The van der Waals surface area contributed by atoms with Crippen LogP contribution in [-0.2, 0) is 18.9 Å². The second kappa shape index (κ2) is 14.8. The van der Waals surface area contributed by atoms with Crippen molar-refractivity contribution in [1.82, 2.24) is 0 Å². The van der Waals surface area contributed by atoms with E-state index in [9.17, 15) is 0 Å². The van der Waals surface area contributed by atoms with Gasteiger partial charge in [0.05, 0.1) is 31.0 Å². The summed E-state index contributed by atoms with van der Waals surface area (Å²) in [7, 11) is 0. The van der Waals surface area contributed by atoms with Gasteiger partial charge in [0.25, 0.3) is 5.97 Å². The summed E-state index contributed by atoms with van der Waals surface area (Å²) >= 11 is 0. The Labute approximate surface area is 181 Å². The molecule has 174 valence electrons. The summed E-state index contributed by atoms with van der Waals surface area (Å²) in [6.07, 6.45) is 14.2. The van der Waals surface area contributed by atoms with E-state index >= 15 is 0 Å². The maximum Gasteiger partial charge on any atom is 0.286 e. The molecule has 1 fully saturated rings. The molecule has 2 atom stereocenters. The van der Waals surface area contributed by atoms with E-state index in [1.54, 1.807) is 0 Å². The third-order valence-corrected chi connectivity index (χ3v) is 5.34. The smallest absolute Gasteiger partial charge is 0.286 e. The van der Waals surface area contributed by atoms with Gasteiger partial charge in [0.15, 0.2) is 0 Å². The van der Waals surface area contributed by atoms with Crippen LogP contribution in [0.3, 0.4) is 0 Å². The normalized spacial score (nSPS) is 18.2. The fourth-order valence-electron chi connectivity index (χ4n) is 4.02. The predicted molar refractivity (Wildman–Crippen MR) is 121 cm³/mol. The van der Waals surface area contributed by atoms with Crippen LogP contribution in [0, 0.1) is 5.92 Å². The molecule has 29 heavy (non-hydrogen) atoms. The van der Waals surface area contributed by atoms with Crippen LogP contribution in [0.1, 0.15) is 119 Å². The van der Waals surface area contributed by atoms with Crippen LogP contribution in [-0.4, -0.2) is 37.0 Å². The minimum Gasteiger partial charge on any atom is -0.373 e. The van der Waals surface area contributed by atoms with Gasteiger partial charge in [0, 0.05) is 5.92 Å². The molecular weight excluding hydrogens is 364 g/mol. The van der Waals surface area contributed by atoms with Crippen molar-refractivity contribution in [1.29, 1.82) is 0 Å². The first kappa shape index (κ1) is 26.9. The summed E-state index contributed by atoms with van der Waals surface area (Å²) in [4.78, 5) is 0. The third-order valence-electron chi connectivity index (χ3n) is 5.34. The number of rotatable bonds is 19. The molecular formula is C25H50O4. The van der Waals surface area contributed by atoms with Crippen molar-refractivity contribution >= 4 is 0 Å². The molecule has 0 saturated carbocycles. The van der Waals surface area contributed by atoms with Crippen molar-refractivity contribution in [2.45, 2.75) is 149 Å². The average molecular weight is 415 g/mol. The molecule has 4 nitrogen and oxygen atoms in total. The Morgan fingerprint density at radius 3 is 1.62 bits per heavy atom. The van der Waals surface area contributed by atoms with Gasteiger partial charge in [-0.15, -0.1) is 0 Å². The second-order valence-electron chi connectivity index (χ2n) is 9.60. The van der Waals surface area contributed by atoms with Crippen LogP contribution in [0.25, 0.3) is 0 Å². The average Bonchev–Trinajstić information content (AvgIpc) is 3.41. The number of hydrogen-bond donors (Lipinski definition) is 0. The SMILES string of the molecule is CCCCCCCCC(CCCCC1CO1)C(OC(C)C)(OC(C)C)OC(C)C. The van der Waals surface area contributed by atoms with Crippen molar-refractivity contribution in [3.8, 4) is 0 Å². The topological polar surface area (TPSA) is 40.2 Å². The van der Waals surface area contributed by atoms with Crippen LogP contribution < -0.4 is 0 Å². The number of hydrogen-bond acceptors (Lipinski definition) is 4. The van der Waals surface area contributed by atoms with E-state index in [-0.39, 0.29) is 24.2 Å². The van der Waals surface area contributed by atoms with Gasteiger partial charge in [-0.1, -0.05) is 58.3 Å². The highest BCUT2D eigenvalue weighted by Gasteiger charge is 2.44. The van der Waals surface area contributed by atoms with Crippen molar-refractivity contribution in [2.75, 3.05) is 6.61 Å². The van der Waals surface area contributed by atoms with Crippen LogP contribution in [0.5, 0.6) is 0 Å². The van der Waals surface area contributed by atoms with Crippen LogP contribution in [0.2, 0.25) is 0 Å². The maximum absolute atomic E-state index is 6.44. The Hall–Kier alpha value is -0.160. The van der Waals surface area contributed by atoms with Gasteiger partial charge in [0.2, 0.25) is 0 Å². The standard InChI is InChI=1S/C25H50O4/c1-8-9-10-11-12-13-16-23(17-14-15-18-24-19-26-24)25(27-20(2)3,28-21(4)5)29-22(6)7/h20-24H,8-19H2,1-7H3. The molecule has 0 radical (unpaired) electrons. The minimum atomic E-state index is -0.948. The lowest BCUT2D eigenvalue weighted by atomic mass is 9.91. The molecule has 1 heterocycles. The lowest BCUT2D eigenvalue weighted by molar-refractivity contribution is -0.433. The quantitative estimate of drug-likeness (QED) is 0.127. The number of unbranched alkanes of at least 4 members (excludes halogenated alkanes) is 6. The first-order valence-electron chi connectivity index (χ1n) is 12.4. The van der Waals surface area contributed by atoms with Crippen LogP contribution >= 0.6 is 0 Å². The molecule has 1 rings (SSSR count). The molecule has 1 saturated heterocycles. The Balaban J connectivity index is 2.80. The zero-order valence-electron chi connectivity index (χ0n) is 20.5. The summed E-state index contributed by atoms with van der Waals surface area (Å²) < 4.78 is 24.7. The van der Waals surface area contributed by atoms with E-state index in [0.717, 1.165) is 19.4 Å². The van der Waals surface area contributed by atoms with Crippen molar-refractivity contribution < 1.29 is 18.9 Å². The third kappa shape index (κ3) is 12.3. The summed E-state index contributed by atoms with van der Waals surface area (Å²) in [5.41, 5.74) is 0. The summed E-state index contributed by atoms with van der Waals surface area (Å²) in [6.45, 7) is 15.7. The second-order valence-corrected chi connectivity index (χ2v) is 9.60. The molecule has 4 heteroatoms. The van der Waals surface area contributed by atoms with Crippen molar-refractivity contribution in [3.05, 3.63) is 0 Å². The van der Waals surface area contributed by atoms with E-state index in [4.69, 9.17) is 18.9 Å². The summed E-state index contributed by atoms with van der Waals surface area (Å²) in [5.74, 6) is -0.697. The summed E-state index contributed by atoms with van der Waals surface area (Å²) in [5, 5.41) is 0. The molecule has 0 spiro atoms. The molecule has 0 bridgehead atoms. The molecule has 0 aliphatic carbocycles. The summed E-state index contributed by atoms with van der Waals surface area (Å²) in [6, 6.07) is 0. The Bertz CT molecular complexity index is 364. The van der Waals surface area contributed by atoms with Crippen LogP contribution in [0.15, 0.2) is 0 Å². The molecule has 0 N–H and O–H groups in total. The van der Waals surface area contributed by atoms with Crippen molar-refractivity contribution in [2.24, 2.45) is 5.92 Å². The lowest BCUT2D eigenvalue weighted by Gasteiger charge is -2.43. The van der Waals surface area contributed by atoms with Gasteiger partial charge in [-0.3, -0.25) is 0 Å². The maximum atomic E-state index is 6.44. The minimum absolute atomic E-state index is 0.0550. The molecule has 1 aliphatic heterocycles. The molecule has 0 aromatic heterocycles. The number of ether oxygens (including phenoxy) is 4. The molecule has 0 aromatic rings. The fraction of sp³-hybridized carbons (Fsp3) is 1.00. The van der Waals surface area contributed by atoms with E-state index in [1.807, 2.05) is 0 Å². The Kier molecular flexibility index (Phi) is 13.7. The molecule has 0 aromatic carbocycles. The van der Waals surface area contributed by atoms with Gasteiger partial charge in [-0.2, -0.15) is 0 Å². The Morgan fingerprint density at radius 1 is 0.724 bits per heavy atom. The van der Waals surface area contributed by atoms with E-state index in [2.05, 4.69) is 48.5 Å². The molecule has 2 unspecified atom stereocenters. The van der Waals surface area contributed by atoms with E-state index in [0.29, 0.717) is 6.10 Å². The van der Waals surface area contributed by atoms with E-state index in [1.165, 1.54) is 57.8 Å². The van der Waals surface area contributed by atoms with Gasteiger partial charge in [-0.25, -0.2) is 0 Å². The van der Waals surface area contributed by atoms with Gasteiger partial charge in [0.1, 0.15) is 0 Å². The van der Waals surface area contributed by atoms with Crippen LogP contribution in [0.4, 0.5) is 0 Å². The lowest BCUT2D eigenvalue weighted by Crippen LogP contribution is -2.50. The van der Waals surface area contributed by atoms with Gasteiger partial charge in [-0.05, 0) is 60.8 Å². The fourth-order valence-corrected chi connectivity index (χ4v) is 4.02. The highest BCUT2D eigenvalue weighted by Crippen LogP contribution is 2.37.